The largest absolute Gasteiger partial charge is 0.508 e. The van der Waals surface area contributed by atoms with Crippen LogP contribution in [0.3, 0.4) is 0 Å². The number of aliphatic imine (C=N–C) groups is 1. The fourth-order valence-electron chi connectivity index (χ4n) is 2.02. The Morgan fingerprint density at radius 2 is 2.09 bits per heavy atom. The molecule has 1 fully saturated rings. The molecule has 2 aromatic rings. The van der Waals surface area contributed by atoms with Crippen LogP contribution in [0.25, 0.3) is 6.08 Å². The topological polar surface area (TPSA) is 66.0 Å². The smallest absolute Gasteiger partial charge is 0.267 e. The zero-order valence-electron chi connectivity index (χ0n) is 12.2. The van der Waals surface area contributed by atoms with Crippen LogP contribution >= 0.6 is 11.8 Å². The molecule has 0 aliphatic carbocycles. The number of nitrogens with zero attached hydrogens (tertiary/aromatic N) is 2. The highest BCUT2D eigenvalue weighted by molar-refractivity contribution is 8.18. The predicted molar refractivity (Wildman–Crippen MR) is 91.4 cm³/mol. The van der Waals surface area contributed by atoms with E-state index in [1.54, 1.807) is 59.7 Å². The van der Waals surface area contributed by atoms with E-state index in [-0.39, 0.29) is 11.7 Å². The summed E-state index contributed by atoms with van der Waals surface area (Å²) in [5.41, 5.74) is 0.659. The van der Waals surface area contributed by atoms with Gasteiger partial charge >= 0.3 is 0 Å². The van der Waals surface area contributed by atoms with E-state index >= 15 is 0 Å². The molecule has 2 heterocycles. The molecule has 0 radical (unpaired) electrons. The number of carbonyl (C=O) groups is 1. The van der Waals surface area contributed by atoms with Gasteiger partial charge in [0, 0.05) is 12.6 Å². The fourth-order valence-corrected chi connectivity index (χ4v) is 3.01. The Morgan fingerprint density at radius 3 is 2.74 bits per heavy atom. The van der Waals surface area contributed by atoms with Crippen molar-refractivity contribution >= 4 is 34.6 Å². The van der Waals surface area contributed by atoms with E-state index in [1.165, 1.54) is 11.8 Å². The molecule has 116 valence electrons. The molecule has 1 amide bonds. The van der Waals surface area contributed by atoms with Crippen molar-refractivity contribution in [2.45, 2.75) is 0 Å². The van der Waals surface area contributed by atoms with Gasteiger partial charge < -0.3 is 9.52 Å². The summed E-state index contributed by atoms with van der Waals surface area (Å²) in [6, 6.07) is 10.0. The number of amidine groups is 1. The highest BCUT2D eigenvalue weighted by atomic mass is 32.2. The number of carbonyl (C=O) groups excluding carboxylic acids is 1. The van der Waals surface area contributed by atoms with E-state index in [1.807, 2.05) is 0 Å². The van der Waals surface area contributed by atoms with Gasteiger partial charge in [0.1, 0.15) is 11.5 Å². The molecule has 1 aliphatic rings. The Kier molecular flexibility index (Phi) is 4.34. The second-order valence-electron chi connectivity index (χ2n) is 4.74. The van der Waals surface area contributed by atoms with Gasteiger partial charge in [0.15, 0.2) is 5.17 Å². The lowest BCUT2D eigenvalue weighted by Crippen LogP contribution is -2.29. The first kappa shape index (κ1) is 15.2. The van der Waals surface area contributed by atoms with Crippen LogP contribution in [0.5, 0.6) is 5.75 Å². The molecule has 5 nitrogen and oxygen atoms in total. The number of furan rings is 1. The van der Waals surface area contributed by atoms with Gasteiger partial charge in [-0.1, -0.05) is 6.08 Å². The quantitative estimate of drug-likeness (QED) is 0.686. The minimum Gasteiger partial charge on any atom is -0.508 e. The Bertz CT molecular complexity index is 777. The predicted octanol–water partition coefficient (Wildman–Crippen LogP) is 3.78. The maximum Gasteiger partial charge on any atom is 0.267 e. The number of amides is 1. The molecule has 1 saturated heterocycles. The third-order valence-corrected chi connectivity index (χ3v) is 4.10. The number of thioether (sulfide) groups is 1. The Morgan fingerprint density at radius 1 is 1.30 bits per heavy atom. The van der Waals surface area contributed by atoms with Crippen molar-refractivity contribution in [3.63, 3.8) is 0 Å². The van der Waals surface area contributed by atoms with Crippen LogP contribution in [0.2, 0.25) is 0 Å². The van der Waals surface area contributed by atoms with Crippen LogP contribution in [0, 0.1) is 0 Å². The highest BCUT2D eigenvalue weighted by Crippen LogP contribution is 2.34. The van der Waals surface area contributed by atoms with Gasteiger partial charge in [-0.2, -0.15) is 0 Å². The van der Waals surface area contributed by atoms with Crippen molar-refractivity contribution in [3.05, 3.63) is 66.0 Å². The van der Waals surface area contributed by atoms with E-state index in [4.69, 9.17) is 4.42 Å². The first-order chi connectivity index (χ1) is 11.2. The zero-order chi connectivity index (χ0) is 16.2. The van der Waals surface area contributed by atoms with Crippen LogP contribution in [-0.4, -0.2) is 27.6 Å². The van der Waals surface area contributed by atoms with Crippen molar-refractivity contribution in [1.29, 1.82) is 0 Å². The van der Waals surface area contributed by atoms with Crippen molar-refractivity contribution < 1.29 is 14.3 Å². The summed E-state index contributed by atoms with van der Waals surface area (Å²) in [5.74, 6) is 0.652. The molecule has 1 aromatic carbocycles. The first-order valence-corrected chi connectivity index (χ1v) is 7.72. The van der Waals surface area contributed by atoms with Gasteiger partial charge in [-0.25, -0.2) is 4.99 Å². The molecule has 1 aromatic heterocycles. The highest BCUT2D eigenvalue weighted by Gasteiger charge is 2.32. The van der Waals surface area contributed by atoms with Crippen LogP contribution in [0.4, 0.5) is 5.69 Å². The van der Waals surface area contributed by atoms with Crippen molar-refractivity contribution in [2.75, 3.05) is 6.54 Å². The summed E-state index contributed by atoms with van der Waals surface area (Å²) in [6.07, 6.45) is 4.91. The first-order valence-electron chi connectivity index (χ1n) is 6.91. The van der Waals surface area contributed by atoms with E-state index < -0.39 is 0 Å². The minimum absolute atomic E-state index is 0.135. The van der Waals surface area contributed by atoms with Crippen LogP contribution < -0.4 is 0 Å². The van der Waals surface area contributed by atoms with Gasteiger partial charge in [0.25, 0.3) is 5.91 Å². The standard InChI is InChI=1S/C17H14N2O3S/c1-2-9-19-16(21)15(11-14-4-3-10-22-14)23-17(19)18-12-5-7-13(20)8-6-12/h2-8,10-11,20H,1,9H2/b15-11-,18-17?. The molecule has 23 heavy (non-hydrogen) atoms. The average molecular weight is 326 g/mol. The van der Waals surface area contributed by atoms with Gasteiger partial charge in [0.2, 0.25) is 0 Å². The number of phenolic OH excluding ortho intramolecular Hbond substituents is 1. The Balaban J connectivity index is 1.93. The van der Waals surface area contributed by atoms with E-state index in [0.29, 0.717) is 28.1 Å². The molecule has 6 heteroatoms. The maximum absolute atomic E-state index is 12.5. The minimum atomic E-state index is -0.135. The lowest BCUT2D eigenvalue weighted by atomic mass is 10.3. The summed E-state index contributed by atoms with van der Waals surface area (Å²) in [5, 5.41) is 9.90. The van der Waals surface area contributed by atoms with Gasteiger partial charge in [-0.05, 0) is 48.2 Å². The third kappa shape index (κ3) is 3.37. The molecule has 0 bridgehead atoms. The number of aromatic hydroxyl groups is 1. The van der Waals surface area contributed by atoms with Crippen LogP contribution in [-0.2, 0) is 4.79 Å². The number of hydrogen-bond donors (Lipinski definition) is 1. The molecular formula is C17H14N2O3S. The average Bonchev–Trinajstić information content (AvgIpc) is 3.14. The van der Waals surface area contributed by atoms with E-state index in [0.717, 1.165) is 0 Å². The monoisotopic (exact) mass is 326 g/mol. The number of phenols is 1. The summed E-state index contributed by atoms with van der Waals surface area (Å²) in [6.45, 7) is 4.06. The molecule has 1 N–H and O–H groups in total. The third-order valence-electron chi connectivity index (χ3n) is 3.09. The molecule has 3 rings (SSSR count). The lowest BCUT2D eigenvalue weighted by molar-refractivity contribution is -0.121. The molecule has 0 atom stereocenters. The number of hydrogen-bond acceptors (Lipinski definition) is 5. The second-order valence-corrected chi connectivity index (χ2v) is 5.75. The lowest BCUT2D eigenvalue weighted by Gasteiger charge is -2.12. The maximum atomic E-state index is 12.5. The summed E-state index contributed by atoms with van der Waals surface area (Å²) < 4.78 is 5.26. The normalized spacial score (nSPS) is 18.1. The molecule has 0 spiro atoms. The summed E-state index contributed by atoms with van der Waals surface area (Å²) in [7, 11) is 0. The van der Waals surface area contributed by atoms with Gasteiger partial charge in [-0.15, -0.1) is 6.58 Å². The van der Waals surface area contributed by atoms with Crippen molar-refractivity contribution in [3.8, 4) is 5.75 Å². The number of rotatable bonds is 4. The Hall–Kier alpha value is -2.73. The van der Waals surface area contributed by atoms with Gasteiger partial charge in [0.05, 0.1) is 16.9 Å². The summed E-state index contributed by atoms with van der Waals surface area (Å²) >= 11 is 1.28. The molecule has 0 saturated carbocycles. The molecule has 0 unspecified atom stereocenters. The summed E-state index contributed by atoms with van der Waals surface area (Å²) in [4.78, 5) is 19.1. The zero-order valence-corrected chi connectivity index (χ0v) is 13.0. The fraction of sp³-hybridized carbons (Fsp3) is 0.0588. The van der Waals surface area contributed by atoms with Crippen molar-refractivity contribution in [1.82, 2.24) is 4.90 Å². The van der Waals surface area contributed by atoms with E-state index in [2.05, 4.69) is 11.6 Å². The Labute approximate surface area is 137 Å². The number of benzene rings is 1. The van der Waals surface area contributed by atoms with E-state index in [9.17, 15) is 9.90 Å². The molecular weight excluding hydrogens is 312 g/mol. The van der Waals surface area contributed by atoms with Crippen molar-refractivity contribution in [2.24, 2.45) is 4.99 Å². The molecule has 1 aliphatic heterocycles. The van der Waals surface area contributed by atoms with Gasteiger partial charge in [-0.3, -0.25) is 9.69 Å². The van der Waals surface area contributed by atoms with Crippen LogP contribution in [0.15, 0.2) is 69.6 Å². The SMILES string of the molecule is C=CCN1C(=O)/C(=C/c2ccco2)SC1=Nc1ccc(O)cc1. The second kappa shape index (κ2) is 6.58. The van der Waals surface area contributed by atoms with Crippen LogP contribution in [0.1, 0.15) is 5.76 Å².